The van der Waals surface area contributed by atoms with Crippen molar-refractivity contribution in [2.75, 3.05) is 13.6 Å². The number of para-hydroxylation sites is 1. The summed E-state index contributed by atoms with van der Waals surface area (Å²) in [6.07, 6.45) is 5.00. The number of carbonyl (C=O) groups is 5. The summed E-state index contributed by atoms with van der Waals surface area (Å²) in [4.78, 5) is 80.5. The molecule has 3 heterocycles. The van der Waals surface area contributed by atoms with Crippen molar-refractivity contribution in [3.05, 3.63) is 78.0 Å². The molecular weight excluding hydrogens is 660 g/mol. The van der Waals surface area contributed by atoms with Gasteiger partial charge in [0, 0.05) is 43.0 Å². The zero-order chi connectivity index (χ0) is 36.8. The number of benzene rings is 2. The largest absolute Gasteiger partial charge is 0.387 e. The van der Waals surface area contributed by atoms with Gasteiger partial charge in [0.05, 0.1) is 23.8 Å². The first-order valence-electron chi connectivity index (χ1n) is 18.2. The summed E-state index contributed by atoms with van der Waals surface area (Å²) >= 11 is 0. The van der Waals surface area contributed by atoms with Gasteiger partial charge < -0.3 is 25.7 Å². The van der Waals surface area contributed by atoms with Crippen LogP contribution >= 0.6 is 0 Å². The SMILES string of the molecule is CNC(=O)C(=O)[C@H](CC1CC1)NC(=O)[C@@H]1C[C@]2(CC(c3cccc4cccnc34)=NO2)CN1C(=O)[C@@H](NC(=O)[C@H]1C[C@@H]1c1ccccc1)C(C)(C)C. The summed E-state index contributed by atoms with van der Waals surface area (Å²) in [5.41, 5.74) is 1.56. The number of Topliss-reactive ketones (excluding diaryl/α,β-unsaturated/α-hetero) is 1. The molecule has 2 aromatic carbocycles. The summed E-state index contributed by atoms with van der Waals surface area (Å²) in [5, 5.41) is 13.7. The van der Waals surface area contributed by atoms with E-state index in [1.807, 2.05) is 81.4 Å². The van der Waals surface area contributed by atoms with E-state index in [4.69, 9.17) is 4.84 Å². The van der Waals surface area contributed by atoms with Gasteiger partial charge in [-0.1, -0.05) is 93.4 Å². The first-order valence-corrected chi connectivity index (χ1v) is 18.2. The molecule has 3 fully saturated rings. The standard InChI is InChI=1S/C40H46N6O6/c1-39(2,3)34(44-35(48)28-19-27(28)24-10-6-5-7-11-24)38(51)46-22-40(20-30(45-52-40)26-14-8-12-25-13-9-17-42-32(25)26)21-31(46)36(49)43-29(18-23-15-16-23)33(47)37(50)41-4/h5-14,17,23,27-29,31,34H,15-16,18-22H2,1-4H3,(H,41,50)(H,43,49)(H,44,48)/t27-,28+,29+,31+,34-,40-/m1/s1. The Morgan fingerprint density at radius 1 is 0.962 bits per heavy atom. The molecule has 6 atom stereocenters. The highest BCUT2D eigenvalue weighted by molar-refractivity contribution is 6.38. The molecule has 0 bridgehead atoms. The third-order valence-electron chi connectivity index (χ3n) is 10.9. The third kappa shape index (κ3) is 7.15. The molecule has 2 aliphatic heterocycles. The molecule has 0 unspecified atom stereocenters. The molecule has 1 aromatic heterocycles. The minimum atomic E-state index is -1.05. The maximum Gasteiger partial charge on any atom is 0.289 e. The normalized spacial score (nSPS) is 24.8. The molecule has 2 saturated carbocycles. The van der Waals surface area contributed by atoms with Crippen LogP contribution in [0.4, 0.5) is 0 Å². The number of hydrogen-bond acceptors (Lipinski definition) is 8. The number of carbonyl (C=O) groups excluding carboxylic acids is 5. The second-order valence-corrected chi connectivity index (χ2v) is 15.9. The number of likely N-dealkylation sites (tertiary alicyclic amines) is 1. The predicted molar refractivity (Wildman–Crippen MR) is 194 cm³/mol. The molecule has 12 heteroatoms. The lowest BCUT2D eigenvalue weighted by atomic mass is 9.85. The summed E-state index contributed by atoms with van der Waals surface area (Å²) in [6.45, 7) is 5.68. The van der Waals surface area contributed by atoms with Crippen LogP contribution in [0, 0.1) is 17.3 Å². The van der Waals surface area contributed by atoms with Gasteiger partial charge in [0.2, 0.25) is 23.5 Å². The molecule has 12 nitrogen and oxygen atoms in total. The van der Waals surface area contributed by atoms with Gasteiger partial charge in [-0.3, -0.25) is 29.0 Å². The Labute approximate surface area is 303 Å². The molecule has 4 amide bonds. The number of hydrogen-bond donors (Lipinski definition) is 3. The number of fused-ring (bicyclic) bond motifs is 1. The number of pyridine rings is 1. The summed E-state index contributed by atoms with van der Waals surface area (Å²) in [6, 6.07) is 16.5. The van der Waals surface area contributed by atoms with Crippen LogP contribution in [0.3, 0.4) is 0 Å². The Morgan fingerprint density at radius 3 is 2.42 bits per heavy atom. The first kappa shape index (κ1) is 35.3. The average molecular weight is 707 g/mol. The Bertz CT molecular complexity index is 1930. The number of oxime groups is 1. The second kappa shape index (κ2) is 13.8. The number of rotatable bonds is 11. The lowest BCUT2D eigenvalue weighted by Crippen LogP contribution is -2.59. The molecule has 1 saturated heterocycles. The zero-order valence-electron chi connectivity index (χ0n) is 30.1. The van der Waals surface area contributed by atoms with Gasteiger partial charge in [0.15, 0.2) is 5.60 Å². The molecule has 3 N–H and O–H groups in total. The summed E-state index contributed by atoms with van der Waals surface area (Å²) < 4.78 is 0. The van der Waals surface area contributed by atoms with Gasteiger partial charge in [-0.25, -0.2) is 0 Å². The number of amides is 4. The van der Waals surface area contributed by atoms with Crippen molar-refractivity contribution in [1.82, 2.24) is 25.8 Å². The van der Waals surface area contributed by atoms with Crippen molar-refractivity contribution in [3.63, 3.8) is 0 Å². The van der Waals surface area contributed by atoms with Crippen LogP contribution in [0.1, 0.15) is 76.3 Å². The van der Waals surface area contributed by atoms with E-state index in [1.165, 1.54) is 11.9 Å². The maximum absolute atomic E-state index is 14.8. The Morgan fingerprint density at radius 2 is 1.71 bits per heavy atom. The van der Waals surface area contributed by atoms with Crippen LogP contribution in [0.15, 0.2) is 72.0 Å². The zero-order valence-corrected chi connectivity index (χ0v) is 30.1. The van der Waals surface area contributed by atoms with E-state index in [1.54, 1.807) is 6.20 Å². The van der Waals surface area contributed by atoms with Crippen LogP contribution in [0.5, 0.6) is 0 Å². The minimum Gasteiger partial charge on any atom is -0.387 e. The fourth-order valence-corrected chi connectivity index (χ4v) is 7.70. The molecule has 2 aliphatic carbocycles. The van der Waals surface area contributed by atoms with Crippen molar-refractivity contribution in [2.45, 2.75) is 88.9 Å². The molecule has 7 rings (SSSR count). The van der Waals surface area contributed by atoms with Crippen molar-refractivity contribution in [2.24, 2.45) is 22.4 Å². The van der Waals surface area contributed by atoms with Crippen LogP contribution in [-0.2, 0) is 28.8 Å². The van der Waals surface area contributed by atoms with E-state index >= 15 is 0 Å². The number of nitrogens with one attached hydrogen (secondary N) is 3. The highest BCUT2D eigenvalue weighted by Crippen LogP contribution is 2.48. The monoisotopic (exact) mass is 706 g/mol. The fourth-order valence-electron chi connectivity index (χ4n) is 7.70. The van der Waals surface area contributed by atoms with Gasteiger partial charge in [-0.2, -0.15) is 0 Å². The smallest absolute Gasteiger partial charge is 0.289 e. The van der Waals surface area contributed by atoms with E-state index in [2.05, 4.69) is 26.1 Å². The highest BCUT2D eigenvalue weighted by Gasteiger charge is 2.56. The van der Waals surface area contributed by atoms with E-state index in [0.29, 0.717) is 25.0 Å². The number of aromatic nitrogens is 1. The predicted octanol–water partition coefficient (Wildman–Crippen LogP) is 3.63. The van der Waals surface area contributed by atoms with Crippen molar-refractivity contribution in [3.8, 4) is 0 Å². The van der Waals surface area contributed by atoms with Gasteiger partial charge in [0.1, 0.15) is 12.1 Å². The second-order valence-electron chi connectivity index (χ2n) is 15.9. The molecule has 3 aromatic rings. The van der Waals surface area contributed by atoms with Gasteiger partial charge in [-0.15, -0.1) is 0 Å². The Hall–Kier alpha value is -5.13. The third-order valence-corrected chi connectivity index (χ3v) is 10.9. The van der Waals surface area contributed by atoms with E-state index in [9.17, 15) is 24.0 Å². The van der Waals surface area contributed by atoms with Crippen LogP contribution in [0.25, 0.3) is 10.9 Å². The van der Waals surface area contributed by atoms with Gasteiger partial charge >= 0.3 is 0 Å². The van der Waals surface area contributed by atoms with Crippen LogP contribution < -0.4 is 16.0 Å². The highest BCUT2D eigenvalue weighted by atomic mass is 16.7. The van der Waals surface area contributed by atoms with Crippen molar-refractivity contribution >= 4 is 46.0 Å². The van der Waals surface area contributed by atoms with E-state index < -0.39 is 52.6 Å². The number of ketones is 1. The molecule has 4 aliphatic rings. The van der Waals surface area contributed by atoms with Crippen LogP contribution in [-0.4, -0.2) is 82.3 Å². The molecule has 0 radical (unpaired) electrons. The van der Waals surface area contributed by atoms with E-state index in [0.717, 1.165) is 34.9 Å². The lowest BCUT2D eigenvalue weighted by molar-refractivity contribution is -0.145. The molecular formula is C40H46N6O6. The van der Waals surface area contributed by atoms with Crippen LogP contribution in [0.2, 0.25) is 0 Å². The van der Waals surface area contributed by atoms with Gasteiger partial charge in [0.25, 0.3) is 5.91 Å². The Kier molecular flexibility index (Phi) is 9.35. The summed E-state index contributed by atoms with van der Waals surface area (Å²) in [5.74, 6) is -2.63. The minimum absolute atomic E-state index is 0.0321. The lowest BCUT2D eigenvalue weighted by Gasteiger charge is -2.35. The van der Waals surface area contributed by atoms with E-state index in [-0.39, 0.29) is 36.6 Å². The van der Waals surface area contributed by atoms with Crippen molar-refractivity contribution < 1.29 is 28.8 Å². The average Bonchev–Trinajstić information content (AvgIpc) is 4.07. The maximum atomic E-state index is 14.8. The molecule has 52 heavy (non-hydrogen) atoms. The molecule has 272 valence electrons. The topological polar surface area (TPSA) is 159 Å². The number of likely N-dealkylation sites (N-methyl/N-ethyl adjacent to an activating group) is 1. The Balaban J connectivity index is 1.16. The quantitative estimate of drug-likeness (QED) is 0.257. The number of nitrogens with zero attached hydrogens (tertiary/aromatic N) is 3. The van der Waals surface area contributed by atoms with Crippen molar-refractivity contribution in [1.29, 1.82) is 0 Å². The first-order chi connectivity index (χ1) is 24.9. The summed E-state index contributed by atoms with van der Waals surface area (Å²) in [7, 11) is 1.38. The fraction of sp³-hybridized carbons (Fsp3) is 0.475. The molecule has 1 spiro atoms. The van der Waals surface area contributed by atoms with Gasteiger partial charge in [-0.05, 0) is 41.7 Å².